The zero-order valence-corrected chi connectivity index (χ0v) is 8.39. The van der Waals surface area contributed by atoms with Crippen LogP contribution in [0, 0.1) is 18.2 Å². The molecule has 3 heteroatoms. The second-order valence-corrected chi connectivity index (χ2v) is 3.39. The molecule has 0 saturated carbocycles. The molecule has 0 spiro atoms. The van der Waals surface area contributed by atoms with Crippen molar-refractivity contribution in [2.75, 3.05) is 0 Å². The fourth-order valence-corrected chi connectivity index (χ4v) is 1.55. The van der Waals surface area contributed by atoms with Gasteiger partial charge in [0, 0.05) is 23.0 Å². The van der Waals surface area contributed by atoms with E-state index in [-0.39, 0.29) is 5.82 Å². The molecule has 1 atom stereocenters. The molecule has 74 valence electrons. The first-order valence-corrected chi connectivity index (χ1v) is 4.67. The van der Waals surface area contributed by atoms with Gasteiger partial charge < -0.3 is 5.73 Å². The molecule has 1 nitrogen and oxygen atoms in total. The van der Waals surface area contributed by atoms with Crippen molar-refractivity contribution in [1.29, 1.82) is 0 Å². The van der Waals surface area contributed by atoms with Crippen LogP contribution in [0.15, 0.2) is 18.2 Å². The molecule has 0 aromatic heterocycles. The topological polar surface area (TPSA) is 26.0 Å². The summed E-state index contributed by atoms with van der Waals surface area (Å²) in [5, 5.41) is 0.356. The first kappa shape index (κ1) is 11.0. The highest BCUT2D eigenvalue weighted by Gasteiger charge is 2.14. The number of benzene rings is 1. The largest absolute Gasteiger partial charge is 0.324 e. The van der Waals surface area contributed by atoms with E-state index in [4.69, 9.17) is 23.8 Å². The number of nitrogens with two attached hydrogens (primary N) is 1. The smallest absolute Gasteiger partial charge is 0.129 e. The van der Waals surface area contributed by atoms with Crippen molar-refractivity contribution in [3.63, 3.8) is 0 Å². The molecule has 0 bridgehead atoms. The van der Waals surface area contributed by atoms with Crippen molar-refractivity contribution in [3.05, 3.63) is 34.6 Å². The number of hydrogen-bond acceptors (Lipinski definition) is 1. The molecule has 0 aliphatic rings. The zero-order chi connectivity index (χ0) is 10.6. The average Bonchev–Trinajstić information content (AvgIpc) is 2.14. The fourth-order valence-electron chi connectivity index (χ4n) is 1.25. The molecule has 0 aliphatic heterocycles. The van der Waals surface area contributed by atoms with E-state index in [0.29, 0.717) is 23.4 Å². The van der Waals surface area contributed by atoms with E-state index < -0.39 is 6.04 Å². The van der Waals surface area contributed by atoms with Gasteiger partial charge in [-0.1, -0.05) is 17.7 Å². The molecule has 0 amide bonds. The number of terminal acetylenes is 1. The minimum absolute atomic E-state index is 0.351. The highest BCUT2D eigenvalue weighted by atomic mass is 35.5. The Hall–Kier alpha value is -1.04. The van der Waals surface area contributed by atoms with Crippen LogP contribution in [-0.4, -0.2) is 0 Å². The van der Waals surface area contributed by atoms with Gasteiger partial charge in [-0.25, -0.2) is 4.39 Å². The van der Waals surface area contributed by atoms with Gasteiger partial charge in [0.2, 0.25) is 0 Å². The Kier molecular flexibility index (Phi) is 3.94. The average molecular weight is 212 g/mol. The minimum Gasteiger partial charge on any atom is -0.324 e. The van der Waals surface area contributed by atoms with Crippen molar-refractivity contribution < 1.29 is 4.39 Å². The summed E-state index contributed by atoms with van der Waals surface area (Å²) in [5.41, 5.74) is 6.11. The Morgan fingerprint density at radius 2 is 2.29 bits per heavy atom. The minimum atomic E-state index is -0.431. The van der Waals surface area contributed by atoms with Gasteiger partial charge in [-0.2, -0.15) is 0 Å². The van der Waals surface area contributed by atoms with E-state index in [1.54, 1.807) is 12.1 Å². The van der Waals surface area contributed by atoms with E-state index >= 15 is 0 Å². The summed E-state index contributed by atoms with van der Waals surface area (Å²) >= 11 is 5.83. The lowest BCUT2D eigenvalue weighted by molar-refractivity contribution is 0.568. The number of rotatable bonds is 3. The molecule has 1 aromatic rings. The lowest BCUT2D eigenvalue weighted by Crippen LogP contribution is -2.12. The van der Waals surface area contributed by atoms with Crippen LogP contribution in [0.4, 0.5) is 4.39 Å². The second-order valence-electron chi connectivity index (χ2n) is 2.98. The Balaban J connectivity index is 2.89. The van der Waals surface area contributed by atoms with Gasteiger partial charge in [-0.05, 0) is 18.6 Å². The van der Waals surface area contributed by atoms with Gasteiger partial charge in [0.05, 0.1) is 0 Å². The van der Waals surface area contributed by atoms with Crippen molar-refractivity contribution in [2.24, 2.45) is 5.73 Å². The van der Waals surface area contributed by atoms with E-state index in [2.05, 4.69) is 5.92 Å². The van der Waals surface area contributed by atoms with Gasteiger partial charge in [-0.3, -0.25) is 0 Å². The normalized spacial score (nSPS) is 12.1. The lowest BCUT2D eigenvalue weighted by atomic mass is 10.0. The Bertz CT molecular complexity index is 337. The molecule has 0 radical (unpaired) electrons. The summed E-state index contributed by atoms with van der Waals surface area (Å²) in [4.78, 5) is 0. The molecule has 1 aromatic carbocycles. The predicted molar refractivity (Wildman–Crippen MR) is 56.4 cm³/mol. The zero-order valence-electron chi connectivity index (χ0n) is 7.63. The lowest BCUT2D eigenvalue weighted by Gasteiger charge is -2.12. The molecule has 0 saturated heterocycles. The highest BCUT2D eigenvalue weighted by Crippen LogP contribution is 2.26. The van der Waals surface area contributed by atoms with Crippen LogP contribution in [0.3, 0.4) is 0 Å². The van der Waals surface area contributed by atoms with Gasteiger partial charge in [-0.15, -0.1) is 12.3 Å². The Morgan fingerprint density at radius 3 is 2.86 bits per heavy atom. The van der Waals surface area contributed by atoms with Crippen LogP contribution >= 0.6 is 11.6 Å². The Morgan fingerprint density at radius 1 is 1.57 bits per heavy atom. The summed E-state index contributed by atoms with van der Waals surface area (Å²) in [6, 6.07) is 4.08. The monoisotopic (exact) mass is 211 g/mol. The first-order valence-electron chi connectivity index (χ1n) is 4.29. The highest BCUT2D eigenvalue weighted by molar-refractivity contribution is 6.31. The summed E-state index contributed by atoms with van der Waals surface area (Å²) in [7, 11) is 0. The molecular weight excluding hydrogens is 201 g/mol. The third-order valence-electron chi connectivity index (χ3n) is 1.97. The summed E-state index contributed by atoms with van der Waals surface area (Å²) < 4.78 is 13.3. The third-order valence-corrected chi connectivity index (χ3v) is 2.30. The van der Waals surface area contributed by atoms with Gasteiger partial charge in [0.15, 0.2) is 0 Å². The molecule has 1 rings (SSSR count). The van der Waals surface area contributed by atoms with Crippen molar-refractivity contribution in [1.82, 2.24) is 0 Å². The van der Waals surface area contributed by atoms with Crippen LogP contribution in [0.1, 0.15) is 24.4 Å². The Labute approximate surface area is 88.1 Å². The SMILES string of the molecule is C#CCCC(N)c1c(F)cccc1Cl. The molecule has 0 aliphatic carbocycles. The molecule has 0 fully saturated rings. The van der Waals surface area contributed by atoms with Crippen LogP contribution in [-0.2, 0) is 0 Å². The molecule has 2 N–H and O–H groups in total. The second kappa shape index (κ2) is 4.99. The van der Waals surface area contributed by atoms with Gasteiger partial charge in [0.25, 0.3) is 0 Å². The molecule has 14 heavy (non-hydrogen) atoms. The van der Waals surface area contributed by atoms with E-state index in [9.17, 15) is 4.39 Å². The van der Waals surface area contributed by atoms with E-state index in [0.717, 1.165) is 0 Å². The first-order chi connectivity index (χ1) is 6.66. The summed E-state index contributed by atoms with van der Waals surface area (Å²) in [5.74, 6) is 2.09. The summed E-state index contributed by atoms with van der Waals surface area (Å²) in [6.45, 7) is 0. The predicted octanol–water partition coefficient (Wildman–Crippen LogP) is 2.89. The van der Waals surface area contributed by atoms with Crippen LogP contribution in [0.5, 0.6) is 0 Å². The standard InChI is InChI=1S/C11H11ClFN/c1-2-3-7-10(14)11-8(12)5-4-6-9(11)13/h1,4-6,10H,3,7,14H2. The fraction of sp³-hybridized carbons (Fsp3) is 0.273. The number of halogens is 2. The maximum absolute atomic E-state index is 13.3. The summed E-state index contributed by atoms with van der Waals surface area (Å²) in [6.07, 6.45) is 6.16. The van der Waals surface area contributed by atoms with E-state index in [1.807, 2.05) is 0 Å². The quantitative estimate of drug-likeness (QED) is 0.765. The molecule has 1 unspecified atom stereocenters. The number of hydrogen-bond donors (Lipinski definition) is 1. The van der Waals surface area contributed by atoms with Crippen molar-refractivity contribution in [3.8, 4) is 12.3 Å². The van der Waals surface area contributed by atoms with Gasteiger partial charge in [0.1, 0.15) is 5.82 Å². The van der Waals surface area contributed by atoms with E-state index in [1.165, 1.54) is 6.07 Å². The van der Waals surface area contributed by atoms with Crippen LogP contribution in [0.25, 0.3) is 0 Å². The maximum atomic E-state index is 13.3. The van der Waals surface area contributed by atoms with Gasteiger partial charge >= 0.3 is 0 Å². The van der Waals surface area contributed by atoms with Crippen molar-refractivity contribution >= 4 is 11.6 Å². The molecule has 0 heterocycles. The molecular formula is C11H11ClFN. The maximum Gasteiger partial charge on any atom is 0.129 e. The third kappa shape index (κ3) is 2.47. The van der Waals surface area contributed by atoms with Crippen molar-refractivity contribution in [2.45, 2.75) is 18.9 Å². The van der Waals surface area contributed by atoms with Crippen LogP contribution in [0.2, 0.25) is 5.02 Å². The van der Waals surface area contributed by atoms with Crippen LogP contribution < -0.4 is 5.73 Å².